The van der Waals surface area contributed by atoms with Crippen molar-refractivity contribution in [1.82, 2.24) is 4.98 Å². The van der Waals surface area contributed by atoms with Gasteiger partial charge < -0.3 is 5.73 Å². The van der Waals surface area contributed by atoms with E-state index in [9.17, 15) is 0 Å². The summed E-state index contributed by atoms with van der Waals surface area (Å²) in [4.78, 5) is 4.27. The summed E-state index contributed by atoms with van der Waals surface area (Å²) in [5.41, 5.74) is 12.3. The number of nitriles is 1. The number of benzene rings is 1. The molecule has 0 amide bonds. The summed E-state index contributed by atoms with van der Waals surface area (Å²) < 4.78 is 0. The van der Waals surface area contributed by atoms with Gasteiger partial charge >= 0.3 is 0 Å². The van der Waals surface area contributed by atoms with Crippen LogP contribution in [0.25, 0.3) is 11.1 Å². The molecule has 0 saturated heterocycles. The minimum absolute atomic E-state index is 0.440. The summed E-state index contributed by atoms with van der Waals surface area (Å²) in [6.45, 7) is 6.55. The Morgan fingerprint density at radius 1 is 1.10 bits per heavy atom. The Morgan fingerprint density at radius 3 is 2.52 bits per heavy atom. The highest BCUT2D eigenvalue weighted by atomic mass is 28.3. The summed E-state index contributed by atoms with van der Waals surface area (Å²) in [5, 5.41) is 8.99. The third-order valence-electron chi connectivity index (χ3n) is 2.74. The van der Waals surface area contributed by atoms with Crippen LogP contribution in [0.5, 0.6) is 0 Å². The second-order valence-corrected chi connectivity index (χ2v) is 10.6. The molecule has 104 valence electrons. The lowest BCUT2D eigenvalue weighted by atomic mass is 10.0. The summed E-state index contributed by atoms with van der Waals surface area (Å²) >= 11 is 0. The fraction of sp³-hybridized carbons (Fsp3) is 0.176. The largest absolute Gasteiger partial charge is 0.384 e. The number of rotatable bonds is 1. The van der Waals surface area contributed by atoms with Gasteiger partial charge in [0.1, 0.15) is 19.6 Å². The van der Waals surface area contributed by atoms with Crippen LogP contribution in [0.3, 0.4) is 0 Å². The van der Waals surface area contributed by atoms with Gasteiger partial charge in [-0.15, -0.1) is 5.54 Å². The van der Waals surface area contributed by atoms with Crippen LogP contribution in [-0.4, -0.2) is 13.1 Å². The minimum Gasteiger partial charge on any atom is -0.384 e. The summed E-state index contributed by atoms with van der Waals surface area (Å²) in [6, 6.07) is 13.3. The number of anilines is 1. The average molecular weight is 291 g/mol. The van der Waals surface area contributed by atoms with Gasteiger partial charge in [-0.2, -0.15) is 5.26 Å². The molecule has 2 N–H and O–H groups in total. The second-order valence-electron chi connectivity index (χ2n) is 5.86. The molecule has 0 bridgehead atoms. The molecule has 4 heteroatoms. The molecule has 0 radical (unpaired) electrons. The highest BCUT2D eigenvalue weighted by Crippen LogP contribution is 2.22. The average Bonchev–Trinajstić information content (AvgIpc) is 2.44. The maximum absolute atomic E-state index is 8.99. The molecule has 1 heterocycles. The Balaban J connectivity index is 2.48. The van der Waals surface area contributed by atoms with Crippen LogP contribution in [0, 0.1) is 22.8 Å². The van der Waals surface area contributed by atoms with Crippen molar-refractivity contribution in [2.45, 2.75) is 19.6 Å². The number of hydrogen-bond acceptors (Lipinski definition) is 3. The molecule has 21 heavy (non-hydrogen) atoms. The Morgan fingerprint density at radius 2 is 1.86 bits per heavy atom. The lowest BCUT2D eigenvalue weighted by molar-refractivity contribution is 1.30. The van der Waals surface area contributed by atoms with Crippen LogP contribution in [0.2, 0.25) is 19.6 Å². The number of nitrogens with zero attached hydrogens (tertiary/aromatic N) is 2. The summed E-state index contributed by atoms with van der Waals surface area (Å²) in [6.07, 6.45) is 0. The van der Waals surface area contributed by atoms with Gasteiger partial charge in [-0.3, -0.25) is 0 Å². The Hall–Kier alpha value is -2.56. The minimum atomic E-state index is -1.45. The van der Waals surface area contributed by atoms with Crippen molar-refractivity contribution in [3.8, 4) is 28.7 Å². The van der Waals surface area contributed by atoms with Crippen molar-refractivity contribution >= 4 is 13.9 Å². The number of pyridine rings is 1. The van der Waals surface area contributed by atoms with E-state index in [4.69, 9.17) is 11.0 Å². The predicted octanol–water partition coefficient (Wildman–Crippen LogP) is 3.43. The molecule has 0 atom stereocenters. The molecule has 0 fully saturated rings. The third kappa shape index (κ3) is 4.20. The quantitative estimate of drug-likeness (QED) is 0.646. The van der Waals surface area contributed by atoms with E-state index in [1.54, 1.807) is 12.1 Å². The molecule has 0 spiro atoms. The fourth-order valence-corrected chi connectivity index (χ4v) is 2.31. The fourth-order valence-electron chi connectivity index (χ4n) is 1.80. The van der Waals surface area contributed by atoms with Crippen molar-refractivity contribution < 1.29 is 0 Å². The molecule has 2 rings (SSSR count). The van der Waals surface area contributed by atoms with Gasteiger partial charge in [0.15, 0.2) is 0 Å². The molecule has 1 aromatic heterocycles. The molecule has 0 aliphatic carbocycles. The van der Waals surface area contributed by atoms with Crippen LogP contribution in [-0.2, 0) is 0 Å². The van der Waals surface area contributed by atoms with Crippen LogP contribution in [0.4, 0.5) is 5.82 Å². The monoisotopic (exact) mass is 291 g/mol. The first-order valence-electron chi connectivity index (χ1n) is 6.69. The molecule has 0 aliphatic heterocycles. The van der Waals surface area contributed by atoms with Gasteiger partial charge in [-0.05, 0) is 35.4 Å². The Bertz CT molecular complexity index is 771. The van der Waals surface area contributed by atoms with Crippen LogP contribution >= 0.6 is 0 Å². The number of aromatic nitrogens is 1. The van der Waals surface area contributed by atoms with Gasteiger partial charge in [0.25, 0.3) is 0 Å². The van der Waals surface area contributed by atoms with Gasteiger partial charge in [0.2, 0.25) is 0 Å². The number of nitrogen functional groups attached to an aromatic ring is 1. The maximum atomic E-state index is 8.99. The van der Waals surface area contributed by atoms with E-state index in [0.717, 1.165) is 11.1 Å². The number of nitrogens with two attached hydrogens (primary N) is 1. The van der Waals surface area contributed by atoms with E-state index < -0.39 is 8.07 Å². The molecule has 0 aliphatic rings. The van der Waals surface area contributed by atoms with E-state index in [1.165, 1.54) is 0 Å². The molecule has 0 unspecified atom stereocenters. The van der Waals surface area contributed by atoms with E-state index in [1.807, 2.05) is 24.3 Å². The van der Waals surface area contributed by atoms with Gasteiger partial charge in [-0.25, -0.2) is 4.98 Å². The molecule has 0 saturated carbocycles. The van der Waals surface area contributed by atoms with Gasteiger partial charge in [-0.1, -0.05) is 37.7 Å². The molecule has 1 aromatic carbocycles. The number of hydrogen-bond donors (Lipinski definition) is 1. The SMILES string of the molecule is C[Si](C)(C)C#Cc1cc(-c2cccc(C#N)c2)cc(N)n1. The zero-order chi connectivity index (χ0) is 15.5. The van der Waals surface area contributed by atoms with E-state index >= 15 is 0 Å². The summed E-state index contributed by atoms with van der Waals surface area (Å²) in [7, 11) is -1.45. The lowest BCUT2D eigenvalue weighted by Gasteiger charge is -2.06. The normalized spacial score (nSPS) is 10.4. The molecular formula is C17H17N3Si. The van der Waals surface area contributed by atoms with Crippen LogP contribution in [0.1, 0.15) is 11.3 Å². The first-order valence-corrected chi connectivity index (χ1v) is 10.2. The first kappa shape index (κ1) is 14.8. The predicted molar refractivity (Wildman–Crippen MR) is 89.0 cm³/mol. The topological polar surface area (TPSA) is 62.7 Å². The molecule has 3 nitrogen and oxygen atoms in total. The van der Waals surface area contributed by atoms with Crippen molar-refractivity contribution in [3.63, 3.8) is 0 Å². The molecular weight excluding hydrogens is 274 g/mol. The van der Waals surface area contributed by atoms with E-state index in [0.29, 0.717) is 17.1 Å². The maximum Gasteiger partial charge on any atom is 0.129 e. The Kier molecular flexibility index (Phi) is 4.12. The highest BCUT2D eigenvalue weighted by molar-refractivity contribution is 6.83. The van der Waals surface area contributed by atoms with Crippen molar-refractivity contribution in [2.75, 3.05) is 5.73 Å². The smallest absolute Gasteiger partial charge is 0.129 e. The zero-order valence-corrected chi connectivity index (χ0v) is 13.4. The second kappa shape index (κ2) is 5.83. The van der Waals surface area contributed by atoms with Crippen LogP contribution < -0.4 is 5.73 Å². The third-order valence-corrected chi connectivity index (χ3v) is 3.61. The highest BCUT2D eigenvalue weighted by Gasteiger charge is 2.08. The van der Waals surface area contributed by atoms with Crippen molar-refractivity contribution in [1.29, 1.82) is 5.26 Å². The standard InChI is InChI=1S/C17H17N3Si/c1-21(2,3)8-7-16-10-15(11-17(19)20-16)14-6-4-5-13(9-14)12-18/h4-6,9-11H,1-3H3,(H2,19,20). The van der Waals surface area contributed by atoms with Crippen LogP contribution in [0.15, 0.2) is 36.4 Å². The van der Waals surface area contributed by atoms with E-state index in [-0.39, 0.29) is 0 Å². The summed E-state index contributed by atoms with van der Waals surface area (Å²) in [5.74, 6) is 3.56. The zero-order valence-electron chi connectivity index (χ0n) is 12.4. The van der Waals surface area contributed by atoms with Crippen molar-refractivity contribution in [3.05, 3.63) is 47.7 Å². The van der Waals surface area contributed by atoms with Crippen molar-refractivity contribution in [2.24, 2.45) is 0 Å². The van der Waals surface area contributed by atoms with E-state index in [2.05, 4.69) is 42.2 Å². The van der Waals surface area contributed by atoms with Gasteiger partial charge in [0, 0.05) is 0 Å². The Labute approximate surface area is 126 Å². The molecule has 2 aromatic rings. The lowest BCUT2D eigenvalue weighted by Crippen LogP contribution is -2.16. The van der Waals surface area contributed by atoms with Gasteiger partial charge in [0.05, 0.1) is 11.6 Å². The first-order chi connectivity index (χ1) is 9.87.